The van der Waals surface area contributed by atoms with E-state index in [1.54, 1.807) is 19.2 Å². The number of guanidine groups is 1. The van der Waals surface area contributed by atoms with Crippen LogP contribution in [0.2, 0.25) is 0 Å². The molecule has 162 valence electrons. The van der Waals surface area contributed by atoms with Crippen molar-refractivity contribution in [1.82, 2.24) is 10.6 Å². The fourth-order valence-electron chi connectivity index (χ4n) is 3.57. The van der Waals surface area contributed by atoms with Crippen molar-refractivity contribution in [3.8, 4) is 0 Å². The van der Waals surface area contributed by atoms with Crippen LogP contribution in [0.3, 0.4) is 0 Å². The quantitative estimate of drug-likeness (QED) is 0.285. The molecule has 1 saturated carbocycles. The molecular formula is C23H30FIN4O. The molecule has 0 aliphatic heterocycles. The van der Waals surface area contributed by atoms with Crippen LogP contribution in [-0.4, -0.2) is 25.5 Å². The fraction of sp³-hybridized carbons (Fsp3) is 0.391. The third-order valence-corrected chi connectivity index (χ3v) is 5.22. The third-order valence-electron chi connectivity index (χ3n) is 5.22. The van der Waals surface area contributed by atoms with Crippen LogP contribution in [0.5, 0.6) is 0 Å². The minimum Gasteiger partial charge on any atom is -0.356 e. The predicted molar refractivity (Wildman–Crippen MR) is 131 cm³/mol. The number of nitrogens with zero attached hydrogens (tertiary/aromatic N) is 1. The lowest BCUT2D eigenvalue weighted by Crippen LogP contribution is -2.37. The lowest BCUT2D eigenvalue weighted by atomic mass is 10.1. The van der Waals surface area contributed by atoms with E-state index >= 15 is 0 Å². The smallest absolute Gasteiger partial charge is 0.227 e. The highest BCUT2D eigenvalue weighted by Crippen LogP contribution is 2.26. The van der Waals surface area contributed by atoms with Crippen molar-refractivity contribution in [3.63, 3.8) is 0 Å². The second-order valence-corrected chi connectivity index (χ2v) is 7.40. The molecule has 0 saturated heterocycles. The number of carbonyl (C=O) groups excluding carboxylic acids is 1. The van der Waals surface area contributed by atoms with E-state index in [2.05, 4.69) is 20.9 Å². The SMILES string of the molecule is CN=C(NCCc1ccc(F)cc1)NCc1cccc(NC(=O)C2CCCC2)c1.I. The van der Waals surface area contributed by atoms with Gasteiger partial charge in [0.1, 0.15) is 5.82 Å². The Bertz CT molecular complexity index is 835. The molecule has 5 nitrogen and oxygen atoms in total. The Morgan fingerprint density at radius 2 is 1.80 bits per heavy atom. The Kier molecular flexibility index (Phi) is 10.1. The monoisotopic (exact) mass is 524 g/mol. The second-order valence-electron chi connectivity index (χ2n) is 7.40. The van der Waals surface area contributed by atoms with Crippen LogP contribution in [-0.2, 0) is 17.8 Å². The molecular weight excluding hydrogens is 494 g/mol. The summed E-state index contributed by atoms with van der Waals surface area (Å²) in [6, 6.07) is 14.4. The Balaban J connectivity index is 0.00000320. The molecule has 1 amide bonds. The maximum atomic E-state index is 13.0. The van der Waals surface area contributed by atoms with Gasteiger partial charge in [0.15, 0.2) is 5.96 Å². The van der Waals surface area contributed by atoms with Gasteiger partial charge < -0.3 is 16.0 Å². The fourth-order valence-corrected chi connectivity index (χ4v) is 3.57. The van der Waals surface area contributed by atoms with Crippen molar-refractivity contribution >= 4 is 41.5 Å². The van der Waals surface area contributed by atoms with Gasteiger partial charge in [-0.1, -0.05) is 37.1 Å². The van der Waals surface area contributed by atoms with E-state index in [9.17, 15) is 9.18 Å². The topological polar surface area (TPSA) is 65.5 Å². The standard InChI is InChI=1S/C23H29FN4O.HI/c1-25-23(26-14-13-17-9-11-20(24)12-10-17)27-16-18-5-4-8-21(15-18)28-22(29)19-6-2-3-7-19;/h4-5,8-12,15,19H,2-3,6-7,13-14,16H2,1H3,(H,28,29)(H2,25,26,27);1H. The summed E-state index contributed by atoms with van der Waals surface area (Å²) in [7, 11) is 1.73. The van der Waals surface area contributed by atoms with Gasteiger partial charge in [-0.2, -0.15) is 0 Å². The van der Waals surface area contributed by atoms with Gasteiger partial charge >= 0.3 is 0 Å². The molecule has 1 aliphatic carbocycles. The first kappa shape index (κ1) is 24.1. The average Bonchev–Trinajstić information content (AvgIpc) is 3.27. The van der Waals surface area contributed by atoms with Gasteiger partial charge in [0.25, 0.3) is 0 Å². The van der Waals surface area contributed by atoms with Crippen LogP contribution in [0, 0.1) is 11.7 Å². The number of amides is 1. The molecule has 2 aromatic rings. The maximum absolute atomic E-state index is 13.0. The number of hydrogen-bond acceptors (Lipinski definition) is 2. The van der Waals surface area contributed by atoms with Crippen molar-refractivity contribution in [2.45, 2.75) is 38.6 Å². The first-order valence-corrected chi connectivity index (χ1v) is 10.2. The Morgan fingerprint density at radius 3 is 2.50 bits per heavy atom. The Labute approximate surface area is 195 Å². The molecule has 0 aromatic heterocycles. The van der Waals surface area contributed by atoms with Crippen molar-refractivity contribution in [3.05, 3.63) is 65.5 Å². The first-order valence-electron chi connectivity index (χ1n) is 10.2. The average molecular weight is 524 g/mol. The molecule has 30 heavy (non-hydrogen) atoms. The summed E-state index contributed by atoms with van der Waals surface area (Å²) in [6.07, 6.45) is 5.06. The van der Waals surface area contributed by atoms with Gasteiger partial charge in [-0.15, -0.1) is 24.0 Å². The lowest BCUT2D eigenvalue weighted by molar-refractivity contribution is -0.119. The van der Waals surface area contributed by atoms with E-state index in [4.69, 9.17) is 0 Å². The molecule has 1 fully saturated rings. The van der Waals surface area contributed by atoms with E-state index in [1.165, 1.54) is 12.1 Å². The molecule has 1 aliphatic rings. The zero-order chi connectivity index (χ0) is 20.5. The van der Waals surface area contributed by atoms with Crippen LogP contribution in [0.15, 0.2) is 53.5 Å². The molecule has 0 atom stereocenters. The number of halogens is 2. The number of aliphatic imine (C=N–C) groups is 1. The summed E-state index contributed by atoms with van der Waals surface area (Å²) in [5.74, 6) is 0.764. The van der Waals surface area contributed by atoms with Crippen molar-refractivity contribution in [1.29, 1.82) is 0 Å². The molecule has 0 heterocycles. The van der Waals surface area contributed by atoms with Gasteiger partial charge in [-0.25, -0.2) is 4.39 Å². The molecule has 2 aromatic carbocycles. The van der Waals surface area contributed by atoms with E-state index in [-0.39, 0.29) is 41.6 Å². The number of rotatable bonds is 7. The van der Waals surface area contributed by atoms with Gasteiger partial charge in [-0.05, 0) is 54.7 Å². The van der Waals surface area contributed by atoms with Crippen LogP contribution >= 0.6 is 24.0 Å². The minimum atomic E-state index is -0.221. The normalized spacial score (nSPS) is 14.1. The van der Waals surface area contributed by atoms with E-state index in [0.717, 1.165) is 48.9 Å². The Hall–Kier alpha value is -2.16. The highest BCUT2D eigenvalue weighted by molar-refractivity contribution is 14.0. The number of carbonyl (C=O) groups is 1. The summed E-state index contributed by atoms with van der Waals surface area (Å²) in [4.78, 5) is 16.6. The minimum absolute atomic E-state index is 0. The molecule has 3 N–H and O–H groups in total. The Morgan fingerprint density at radius 1 is 1.07 bits per heavy atom. The van der Waals surface area contributed by atoms with Gasteiger partial charge in [0.05, 0.1) is 0 Å². The summed E-state index contributed by atoms with van der Waals surface area (Å²) in [6.45, 7) is 1.30. The lowest BCUT2D eigenvalue weighted by Gasteiger charge is -2.14. The third kappa shape index (κ3) is 7.59. The van der Waals surface area contributed by atoms with Crippen molar-refractivity contribution < 1.29 is 9.18 Å². The van der Waals surface area contributed by atoms with E-state index in [0.29, 0.717) is 19.0 Å². The summed E-state index contributed by atoms with van der Waals surface area (Å²) in [5.41, 5.74) is 2.97. The van der Waals surface area contributed by atoms with Crippen LogP contribution in [0.4, 0.5) is 10.1 Å². The van der Waals surface area contributed by atoms with E-state index < -0.39 is 0 Å². The summed E-state index contributed by atoms with van der Waals surface area (Å²) >= 11 is 0. The number of benzene rings is 2. The molecule has 0 unspecified atom stereocenters. The number of anilines is 1. The maximum Gasteiger partial charge on any atom is 0.227 e. The zero-order valence-electron chi connectivity index (χ0n) is 17.3. The molecule has 7 heteroatoms. The molecule has 3 rings (SSSR count). The molecule has 0 spiro atoms. The predicted octanol–water partition coefficient (Wildman–Crippen LogP) is 4.48. The van der Waals surface area contributed by atoms with Crippen LogP contribution in [0.1, 0.15) is 36.8 Å². The summed E-state index contributed by atoms with van der Waals surface area (Å²) < 4.78 is 13.0. The van der Waals surface area contributed by atoms with Crippen molar-refractivity contribution in [2.24, 2.45) is 10.9 Å². The van der Waals surface area contributed by atoms with Crippen LogP contribution in [0.25, 0.3) is 0 Å². The largest absolute Gasteiger partial charge is 0.356 e. The highest BCUT2D eigenvalue weighted by atomic mass is 127. The van der Waals surface area contributed by atoms with Crippen molar-refractivity contribution in [2.75, 3.05) is 18.9 Å². The zero-order valence-corrected chi connectivity index (χ0v) is 19.6. The number of hydrogen-bond donors (Lipinski definition) is 3. The van der Waals surface area contributed by atoms with Gasteiger partial charge in [-0.3, -0.25) is 9.79 Å². The number of nitrogens with one attached hydrogen (secondary N) is 3. The van der Waals surface area contributed by atoms with Gasteiger partial charge in [0, 0.05) is 31.7 Å². The summed E-state index contributed by atoms with van der Waals surface area (Å²) in [5, 5.41) is 9.59. The van der Waals surface area contributed by atoms with E-state index in [1.807, 2.05) is 24.3 Å². The first-order chi connectivity index (χ1) is 14.1. The second kappa shape index (κ2) is 12.5. The van der Waals surface area contributed by atoms with Gasteiger partial charge in [0.2, 0.25) is 5.91 Å². The van der Waals surface area contributed by atoms with Crippen LogP contribution < -0.4 is 16.0 Å². The molecule has 0 bridgehead atoms. The molecule has 0 radical (unpaired) electrons. The highest BCUT2D eigenvalue weighted by Gasteiger charge is 2.22.